The Hall–Kier alpha value is -3.62. The number of nitrogens with two attached hydrogens (primary N) is 1. The molecular formula is C23H20N4O3S. The molecule has 0 aliphatic heterocycles. The maximum Gasteiger partial charge on any atom is 0.295 e. The fourth-order valence-corrected chi connectivity index (χ4v) is 4.18. The number of aromatic nitrogens is 1. The average molecular weight is 433 g/mol. The van der Waals surface area contributed by atoms with Crippen molar-refractivity contribution in [2.24, 2.45) is 10.2 Å². The summed E-state index contributed by atoms with van der Waals surface area (Å²) in [6.07, 6.45) is 1.58. The Morgan fingerprint density at radius 2 is 1.68 bits per heavy atom. The summed E-state index contributed by atoms with van der Waals surface area (Å²) < 4.78 is 33.3. The Balaban J connectivity index is 1.71. The molecule has 156 valence electrons. The van der Waals surface area contributed by atoms with E-state index < -0.39 is 10.1 Å². The van der Waals surface area contributed by atoms with Gasteiger partial charge in [-0.15, -0.1) is 10.2 Å². The number of nitrogens with zero attached hydrogens (tertiary/aromatic N) is 3. The van der Waals surface area contributed by atoms with E-state index in [4.69, 9.17) is 5.73 Å². The van der Waals surface area contributed by atoms with Crippen LogP contribution >= 0.6 is 0 Å². The lowest BCUT2D eigenvalue weighted by molar-refractivity contribution is 0.484. The molecule has 0 saturated heterocycles. The molecule has 0 atom stereocenters. The number of benzene rings is 3. The van der Waals surface area contributed by atoms with Gasteiger partial charge in [0.05, 0.1) is 17.6 Å². The number of nitrogen functional groups attached to an aromatic ring is 1. The molecule has 31 heavy (non-hydrogen) atoms. The second-order valence-electron chi connectivity index (χ2n) is 7.25. The molecule has 0 unspecified atom stereocenters. The summed E-state index contributed by atoms with van der Waals surface area (Å²) in [6.45, 7) is 4.08. The highest BCUT2D eigenvalue weighted by Gasteiger charge is 2.18. The number of pyridine rings is 1. The van der Waals surface area contributed by atoms with Crippen molar-refractivity contribution in [3.63, 3.8) is 0 Å². The van der Waals surface area contributed by atoms with Crippen molar-refractivity contribution in [2.75, 3.05) is 5.73 Å². The number of rotatable bonds is 4. The second kappa shape index (κ2) is 7.90. The van der Waals surface area contributed by atoms with E-state index in [1.165, 1.54) is 11.6 Å². The van der Waals surface area contributed by atoms with Gasteiger partial charge in [-0.1, -0.05) is 48.0 Å². The Labute approximate surface area is 180 Å². The molecule has 1 heterocycles. The van der Waals surface area contributed by atoms with E-state index in [2.05, 4.69) is 21.3 Å². The highest BCUT2D eigenvalue weighted by Crippen LogP contribution is 2.36. The zero-order valence-electron chi connectivity index (χ0n) is 16.9. The van der Waals surface area contributed by atoms with Gasteiger partial charge < -0.3 is 5.73 Å². The summed E-state index contributed by atoms with van der Waals surface area (Å²) in [5, 5.41) is 9.05. The van der Waals surface area contributed by atoms with E-state index in [1.807, 2.05) is 32.0 Å². The minimum Gasteiger partial charge on any atom is -0.396 e. The Bertz CT molecular complexity index is 1430. The number of hydrogen-bond donors (Lipinski definition) is 2. The molecule has 0 amide bonds. The number of fused-ring (bicyclic) bond motifs is 1. The summed E-state index contributed by atoms with van der Waals surface area (Å²) in [5.41, 5.74) is 11.2. The van der Waals surface area contributed by atoms with Crippen molar-refractivity contribution in [1.82, 2.24) is 4.98 Å². The zero-order valence-corrected chi connectivity index (χ0v) is 17.8. The fraction of sp³-hybridized carbons (Fsp3) is 0.0870. The first-order chi connectivity index (χ1) is 14.7. The predicted octanol–water partition coefficient (Wildman–Crippen LogP) is 5.76. The lowest BCUT2D eigenvalue weighted by Crippen LogP contribution is -2.01. The lowest BCUT2D eigenvalue weighted by Gasteiger charge is -2.09. The maximum absolute atomic E-state index is 11.8. The molecule has 3 aromatic carbocycles. The Kier molecular flexibility index (Phi) is 5.26. The largest absolute Gasteiger partial charge is 0.396 e. The predicted molar refractivity (Wildman–Crippen MR) is 121 cm³/mol. The SMILES string of the molecule is Cc1ccc(-c2ccc(N=Nc3cc(S(=O)(=O)O)c4ccccc4c3N)cn2)c(C)c1. The van der Waals surface area contributed by atoms with Crippen LogP contribution in [-0.2, 0) is 10.1 Å². The van der Waals surface area contributed by atoms with Crippen LogP contribution in [0.4, 0.5) is 17.1 Å². The molecule has 0 aliphatic carbocycles. The van der Waals surface area contributed by atoms with Gasteiger partial charge in [0.15, 0.2) is 0 Å². The second-order valence-corrected chi connectivity index (χ2v) is 8.64. The van der Waals surface area contributed by atoms with Crippen molar-refractivity contribution in [2.45, 2.75) is 18.7 Å². The molecule has 0 bridgehead atoms. The third kappa shape index (κ3) is 4.16. The number of anilines is 1. The average Bonchev–Trinajstić information content (AvgIpc) is 2.73. The first kappa shape index (κ1) is 20.6. The van der Waals surface area contributed by atoms with Crippen LogP contribution in [-0.4, -0.2) is 18.0 Å². The van der Waals surface area contributed by atoms with Gasteiger partial charge in [-0.3, -0.25) is 9.54 Å². The molecule has 8 heteroatoms. The van der Waals surface area contributed by atoms with Gasteiger partial charge in [-0.25, -0.2) is 0 Å². The van der Waals surface area contributed by atoms with E-state index in [-0.39, 0.29) is 16.3 Å². The summed E-state index contributed by atoms with van der Waals surface area (Å²) in [4.78, 5) is 4.19. The minimum atomic E-state index is -4.46. The summed E-state index contributed by atoms with van der Waals surface area (Å²) in [5.74, 6) is 0. The quantitative estimate of drug-likeness (QED) is 0.241. The number of hydrogen-bond acceptors (Lipinski definition) is 6. The van der Waals surface area contributed by atoms with Crippen molar-refractivity contribution < 1.29 is 13.0 Å². The van der Waals surface area contributed by atoms with Crippen LogP contribution in [0.2, 0.25) is 0 Å². The van der Waals surface area contributed by atoms with Crippen LogP contribution < -0.4 is 5.73 Å². The first-order valence-corrected chi connectivity index (χ1v) is 10.9. The summed E-state index contributed by atoms with van der Waals surface area (Å²) in [7, 11) is -4.46. The van der Waals surface area contributed by atoms with Crippen molar-refractivity contribution in [3.05, 3.63) is 78.0 Å². The molecule has 0 spiro atoms. The molecule has 0 fully saturated rings. The van der Waals surface area contributed by atoms with E-state index in [1.54, 1.807) is 36.5 Å². The Morgan fingerprint density at radius 3 is 2.32 bits per heavy atom. The molecule has 0 aliphatic rings. The van der Waals surface area contributed by atoms with E-state index in [9.17, 15) is 13.0 Å². The van der Waals surface area contributed by atoms with Crippen molar-refractivity contribution >= 4 is 38.0 Å². The van der Waals surface area contributed by atoms with Gasteiger partial charge in [0, 0.05) is 16.3 Å². The Morgan fingerprint density at radius 1 is 0.935 bits per heavy atom. The topological polar surface area (TPSA) is 118 Å². The van der Waals surface area contributed by atoms with Crippen LogP contribution in [0.1, 0.15) is 11.1 Å². The molecule has 4 rings (SSSR count). The standard InChI is InChI=1S/C23H20N4O3S/c1-14-7-9-17(15(2)11-14)20-10-8-16(13-25-20)26-27-21-12-22(31(28,29)30)18-5-3-4-6-19(18)23(21)24/h3-13H,24H2,1-2H3,(H,28,29,30). The van der Waals surface area contributed by atoms with Gasteiger partial charge in [0.2, 0.25) is 0 Å². The summed E-state index contributed by atoms with van der Waals surface area (Å²) >= 11 is 0. The third-order valence-corrected chi connectivity index (χ3v) is 5.88. The molecule has 0 saturated carbocycles. The van der Waals surface area contributed by atoms with Crippen LogP contribution in [0.25, 0.3) is 22.0 Å². The normalized spacial score (nSPS) is 12.0. The fourth-order valence-electron chi connectivity index (χ4n) is 3.46. The third-order valence-electron chi connectivity index (χ3n) is 4.98. The van der Waals surface area contributed by atoms with Gasteiger partial charge in [-0.2, -0.15) is 8.42 Å². The smallest absolute Gasteiger partial charge is 0.295 e. The molecule has 3 N–H and O–H groups in total. The van der Waals surface area contributed by atoms with Crippen LogP contribution in [0.15, 0.2) is 82.0 Å². The van der Waals surface area contributed by atoms with Crippen molar-refractivity contribution in [3.8, 4) is 11.3 Å². The highest BCUT2D eigenvalue weighted by molar-refractivity contribution is 7.86. The van der Waals surface area contributed by atoms with E-state index in [0.717, 1.165) is 16.8 Å². The monoisotopic (exact) mass is 432 g/mol. The molecule has 4 aromatic rings. The van der Waals surface area contributed by atoms with Crippen LogP contribution in [0, 0.1) is 13.8 Å². The van der Waals surface area contributed by atoms with E-state index in [0.29, 0.717) is 16.5 Å². The first-order valence-electron chi connectivity index (χ1n) is 9.48. The minimum absolute atomic E-state index is 0.143. The molecule has 0 radical (unpaired) electrons. The number of azo groups is 1. The van der Waals surface area contributed by atoms with Gasteiger partial charge in [-0.05, 0) is 37.6 Å². The zero-order chi connectivity index (χ0) is 22.2. The molecule has 7 nitrogen and oxygen atoms in total. The van der Waals surface area contributed by atoms with Crippen molar-refractivity contribution in [1.29, 1.82) is 0 Å². The van der Waals surface area contributed by atoms with Gasteiger partial charge >= 0.3 is 0 Å². The lowest BCUT2D eigenvalue weighted by atomic mass is 10.0. The van der Waals surface area contributed by atoms with E-state index >= 15 is 0 Å². The van der Waals surface area contributed by atoms with Gasteiger partial charge in [0.1, 0.15) is 16.3 Å². The van der Waals surface area contributed by atoms with Gasteiger partial charge in [0.25, 0.3) is 10.1 Å². The summed E-state index contributed by atoms with van der Waals surface area (Å²) in [6, 6.07) is 17.6. The maximum atomic E-state index is 11.8. The van der Waals surface area contributed by atoms with Crippen LogP contribution in [0.5, 0.6) is 0 Å². The highest BCUT2D eigenvalue weighted by atomic mass is 32.2. The number of aryl methyl sites for hydroxylation is 2. The van der Waals surface area contributed by atoms with Crippen LogP contribution in [0.3, 0.4) is 0 Å². The molecule has 1 aromatic heterocycles. The molecular weight excluding hydrogens is 412 g/mol.